The van der Waals surface area contributed by atoms with Crippen LogP contribution in [0, 0.1) is 0 Å². The molecule has 0 heterocycles. The Morgan fingerprint density at radius 1 is 1.19 bits per heavy atom. The highest BCUT2D eigenvalue weighted by Crippen LogP contribution is 2.36. The van der Waals surface area contributed by atoms with E-state index >= 15 is 0 Å². The Labute approximate surface area is 139 Å². The average molecular weight is 370 g/mol. The molecule has 2 rings (SSSR count). The molecule has 0 saturated heterocycles. The summed E-state index contributed by atoms with van der Waals surface area (Å²) in [6.07, 6.45) is 0. The van der Waals surface area contributed by atoms with Crippen molar-refractivity contribution in [3.05, 3.63) is 51.5 Å². The van der Waals surface area contributed by atoms with Gasteiger partial charge in [-0.3, -0.25) is 0 Å². The van der Waals surface area contributed by atoms with Crippen molar-refractivity contribution in [2.24, 2.45) is 0 Å². The first-order valence-corrected chi connectivity index (χ1v) is 7.71. The maximum atomic E-state index is 6.09. The lowest BCUT2D eigenvalue weighted by atomic mass is 10.2. The van der Waals surface area contributed by atoms with E-state index in [-0.39, 0.29) is 0 Å². The molecule has 112 valence electrons. The van der Waals surface area contributed by atoms with Crippen LogP contribution in [0.1, 0.15) is 5.56 Å². The Kier molecular flexibility index (Phi) is 5.37. The summed E-state index contributed by atoms with van der Waals surface area (Å²) in [5.74, 6) is 0.754. The van der Waals surface area contributed by atoms with Gasteiger partial charge in [0.2, 0.25) is 0 Å². The molecule has 0 atom stereocenters. The zero-order valence-electron chi connectivity index (χ0n) is 12.3. The molecule has 0 radical (unpaired) electrons. The monoisotopic (exact) mass is 368 g/mol. The molecule has 3 nitrogen and oxygen atoms in total. The molecule has 0 saturated carbocycles. The number of hydrogen-bond acceptors (Lipinski definition) is 3. The van der Waals surface area contributed by atoms with Crippen LogP contribution in [0.3, 0.4) is 0 Å². The fraction of sp³-hybridized carbons (Fsp3) is 0.250. The molecule has 5 heteroatoms. The summed E-state index contributed by atoms with van der Waals surface area (Å²) in [6.45, 7) is 0.705. The second-order valence-electron chi connectivity index (χ2n) is 4.88. The second-order valence-corrected chi connectivity index (χ2v) is 6.17. The number of anilines is 2. The smallest absolute Gasteiger partial charge is 0.156 e. The van der Waals surface area contributed by atoms with Gasteiger partial charge in [-0.1, -0.05) is 23.7 Å². The molecule has 0 aliphatic carbocycles. The van der Waals surface area contributed by atoms with Gasteiger partial charge in [-0.15, -0.1) is 0 Å². The van der Waals surface area contributed by atoms with E-state index in [1.807, 2.05) is 26.2 Å². The van der Waals surface area contributed by atoms with Crippen molar-refractivity contribution < 1.29 is 4.74 Å². The maximum absolute atomic E-state index is 6.09. The van der Waals surface area contributed by atoms with E-state index in [9.17, 15) is 0 Å². The van der Waals surface area contributed by atoms with Gasteiger partial charge in [0.15, 0.2) is 5.75 Å². The molecule has 2 aromatic carbocycles. The van der Waals surface area contributed by atoms with E-state index in [1.165, 1.54) is 11.3 Å². The van der Waals surface area contributed by atoms with Crippen LogP contribution in [0.2, 0.25) is 5.02 Å². The number of benzene rings is 2. The molecule has 0 spiro atoms. The Morgan fingerprint density at radius 3 is 2.43 bits per heavy atom. The Morgan fingerprint density at radius 2 is 1.86 bits per heavy atom. The van der Waals surface area contributed by atoms with Crippen molar-refractivity contribution in [2.45, 2.75) is 6.54 Å². The first-order chi connectivity index (χ1) is 10.0. The normalized spacial score (nSPS) is 10.3. The third-order valence-electron chi connectivity index (χ3n) is 3.15. The van der Waals surface area contributed by atoms with Crippen LogP contribution in [-0.4, -0.2) is 21.2 Å². The number of methoxy groups -OCH3 is 1. The van der Waals surface area contributed by atoms with E-state index in [2.05, 4.69) is 50.4 Å². The minimum Gasteiger partial charge on any atom is -0.493 e. The number of nitrogens with zero attached hydrogens (tertiary/aromatic N) is 1. The van der Waals surface area contributed by atoms with Gasteiger partial charge < -0.3 is 15.0 Å². The summed E-state index contributed by atoms with van der Waals surface area (Å²) in [6, 6.07) is 12.1. The third kappa shape index (κ3) is 4.05. The zero-order valence-corrected chi connectivity index (χ0v) is 14.6. The second kappa shape index (κ2) is 7.05. The summed E-state index contributed by atoms with van der Waals surface area (Å²) in [5, 5.41) is 4.02. The molecule has 21 heavy (non-hydrogen) atoms. The molecular formula is C16H18BrClN2O. The Hall–Kier alpha value is -1.39. The van der Waals surface area contributed by atoms with E-state index in [0.717, 1.165) is 15.9 Å². The molecule has 0 aromatic heterocycles. The van der Waals surface area contributed by atoms with Crippen molar-refractivity contribution in [2.75, 3.05) is 31.4 Å². The maximum Gasteiger partial charge on any atom is 0.156 e. The van der Waals surface area contributed by atoms with Gasteiger partial charge in [-0.25, -0.2) is 0 Å². The van der Waals surface area contributed by atoms with Crippen LogP contribution < -0.4 is 15.0 Å². The Balaban J connectivity index is 2.12. The fourth-order valence-corrected chi connectivity index (χ4v) is 2.98. The van der Waals surface area contributed by atoms with Crippen molar-refractivity contribution in [3.63, 3.8) is 0 Å². The van der Waals surface area contributed by atoms with Crippen LogP contribution >= 0.6 is 27.5 Å². The molecule has 0 aliphatic heterocycles. The van der Waals surface area contributed by atoms with Gasteiger partial charge in [-0.05, 0) is 45.8 Å². The SMILES string of the molecule is COc1c(Br)cc(Cl)cc1NCc1ccc(N(C)C)cc1. The standard InChI is InChI=1S/C16H18BrClN2O/c1-20(2)13-6-4-11(5-7-13)10-19-15-9-12(18)8-14(17)16(15)21-3/h4-9,19H,10H2,1-3H3. The molecule has 2 aromatic rings. The lowest BCUT2D eigenvalue weighted by Crippen LogP contribution is -2.08. The van der Waals surface area contributed by atoms with E-state index in [0.29, 0.717) is 11.6 Å². The lowest BCUT2D eigenvalue weighted by Gasteiger charge is -2.15. The quantitative estimate of drug-likeness (QED) is 0.820. The highest BCUT2D eigenvalue weighted by molar-refractivity contribution is 9.10. The van der Waals surface area contributed by atoms with E-state index in [4.69, 9.17) is 16.3 Å². The summed E-state index contributed by atoms with van der Waals surface area (Å²) in [4.78, 5) is 2.08. The largest absolute Gasteiger partial charge is 0.493 e. The number of hydrogen-bond donors (Lipinski definition) is 1. The first kappa shape index (κ1) is 16.0. The predicted molar refractivity (Wildman–Crippen MR) is 93.8 cm³/mol. The number of halogens is 2. The first-order valence-electron chi connectivity index (χ1n) is 6.54. The number of rotatable bonds is 5. The highest BCUT2D eigenvalue weighted by Gasteiger charge is 2.09. The minimum atomic E-state index is 0.660. The van der Waals surface area contributed by atoms with Gasteiger partial charge in [0.05, 0.1) is 17.3 Å². The third-order valence-corrected chi connectivity index (χ3v) is 3.96. The topological polar surface area (TPSA) is 24.5 Å². The summed E-state index contributed by atoms with van der Waals surface area (Å²) < 4.78 is 6.23. The number of nitrogens with one attached hydrogen (secondary N) is 1. The van der Waals surface area contributed by atoms with Crippen LogP contribution in [0.4, 0.5) is 11.4 Å². The highest BCUT2D eigenvalue weighted by atomic mass is 79.9. The van der Waals surface area contributed by atoms with Gasteiger partial charge >= 0.3 is 0 Å². The summed E-state index contributed by atoms with van der Waals surface area (Å²) in [7, 11) is 5.70. The zero-order chi connectivity index (χ0) is 15.4. The van der Waals surface area contributed by atoms with E-state index in [1.54, 1.807) is 7.11 Å². The molecule has 0 fully saturated rings. The number of ether oxygens (including phenoxy) is 1. The van der Waals surface area contributed by atoms with Crippen LogP contribution in [-0.2, 0) is 6.54 Å². The van der Waals surface area contributed by atoms with Gasteiger partial charge in [0.1, 0.15) is 0 Å². The molecule has 0 unspecified atom stereocenters. The molecule has 1 N–H and O–H groups in total. The van der Waals surface area contributed by atoms with Gasteiger partial charge in [0.25, 0.3) is 0 Å². The lowest BCUT2D eigenvalue weighted by molar-refractivity contribution is 0.414. The van der Waals surface area contributed by atoms with Crippen LogP contribution in [0.25, 0.3) is 0 Å². The van der Waals surface area contributed by atoms with Gasteiger partial charge in [-0.2, -0.15) is 0 Å². The fourth-order valence-electron chi connectivity index (χ4n) is 2.01. The molecular weight excluding hydrogens is 352 g/mol. The van der Waals surface area contributed by atoms with Crippen molar-refractivity contribution in [1.82, 2.24) is 0 Å². The minimum absolute atomic E-state index is 0.660. The Bertz CT molecular complexity index is 614. The van der Waals surface area contributed by atoms with E-state index < -0.39 is 0 Å². The molecule has 0 aliphatic rings. The molecule has 0 amide bonds. The van der Waals surface area contributed by atoms with Crippen molar-refractivity contribution in [3.8, 4) is 5.75 Å². The predicted octanol–water partition coefficient (Wildman–Crippen LogP) is 4.79. The average Bonchev–Trinajstić information content (AvgIpc) is 2.45. The van der Waals surface area contributed by atoms with Crippen LogP contribution in [0.15, 0.2) is 40.9 Å². The van der Waals surface area contributed by atoms with Crippen molar-refractivity contribution in [1.29, 1.82) is 0 Å². The summed E-state index contributed by atoms with van der Waals surface area (Å²) in [5.41, 5.74) is 3.24. The van der Waals surface area contributed by atoms with Crippen LogP contribution in [0.5, 0.6) is 5.75 Å². The van der Waals surface area contributed by atoms with Crippen molar-refractivity contribution >= 4 is 38.9 Å². The van der Waals surface area contributed by atoms with Gasteiger partial charge in [0, 0.05) is 31.4 Å². The summed E-state index contributed by atoms with van der Waals surface area (Å²) >= 11 is 9.54. The molecule has 0 bridgehead atoms.